The van der Waals surface area contributed by atoms with E-state index in [1.54, 1.807) is 31.4 Å². The van der Waals surface area contributed by atoms with E-state index in [4.69, 9.17) is 25.8 Å². The molecule has 1 aliphatic heterocycles. The zero-order valence-electron chi connectivity index (χ0n) is 19.2. The maximum atomic E-state index is 12.5. The quantitative estimate of drug-likeness (QED) is 0.548. The molecule has 8 nitrogen and oxygen atoms in total. The average molecular weight is 476 g/mol. The van der Waals surface area contributed by atoms with Gasteiger partial charge in [-0.2, -0.15) is 0 Å². The maximum absolute atomic E-state index is 12.5. The molecule has 0 spiro atoms. The Hall–Kier alpha value is -3.13. The zero-order valence-corrected chi connectivity index (χ0v) is 19.9. The molecule has 0 bridgehead atoms. The van der Waals surface area contributed by atoms with E-state index < -0.39 is 0 Å². The van der Waals surface area contributed by atoms with E-state index in [2.05, 4.69) is 15.5 Å². The van der Waals surface area contributed by atoms with Crippen LogP contribution in [0.15, 0.2) is 36.4 Å². The number of carbonyl (C=O) groups excluding carboxylic acids is 2. The van der Waals surface area contributed by atoms with E-state index in [1.807, 2.05) is 26.0 Å². The Labute approximate surface area is 199 Å². The minimum absolute atomic E-state index is 0.0341. The summed E-state index contributed by atoms with van der Waals surface area (Å²) < 4.78 is 16.5. The second kappa shape index (κ2) is 11.7. The highest BCUT2D eigenvalue weighted by atomic mass is 35.5. The second-order valence-corrected chi connectivity index (χ2v) is 7.96. The molecule has 1 heterocycles. The summed E-state index contributed by atoms with van der Waals surface area (Å²) in [6.45, 7) is 5.96. The molecule has 1 saturated heterocycles. The lowest BCUT2D eigenvalue weighted by Gasteiger charge is -2.21. The van der Waals surface area contributed by atoms with Crippen LogP contribution in [-0.2, 0) is 4.79 Å². The highest BCUT2D eigenvalue weighted by Crippen LogP contribution is 2.33. The summed E-state index contributed by atoms with van der Waals surface area (Å²) in [5.74, 6) is 1.21. The normalized spacial score (nSPS) is 15.2. The fourth-order valence-electron chi connectivity index (χ4n) is 3.74. The van der Waals surface area contributed by atoms with Crippen molar-refractivity contribution < 1.29 is 23.8 Å². The summed E-state index contributed by atoms with van der Waals surface area (Å²) in [6, 6.07) is 10.4. The van der Waals surface area contributed by atoms with Gasteiger partial charge in [0.2, 0.25) is 5.91 Å². The highest BCUT2D eigenvalue weighted by molar-refractivity contribution is 6.31. The molecule has 33 heavy (non-hydrogen) atoms. The third-order valence-corrected chi connectivity index (χ3v) is 5.49. The third kappa shape index (κ3) is 6.44. The first-order valence-corrected chi connectivity index (χ1v) is 11.4. The van der Waals surface area contributed by atoms with Gasteiger partial charge in [-0.05, 0) is 56.7 Å². The molecule has 0 radical (unpaired) electrons. The fraction of sp³-hybridized carbons (Fsp3) is 0.417. The summed E-state index contributed by atoms with van der Waals surface area (Å²) in [7, 11) is 1.62. The van der Waals surface area contributed by atoms with Crippen molar-refractivity contribution in [3.8, 4) is 17.2 Å². The van der Waals surface area contributed by atoms with Crippen molar-refractivity contribution in [1.82, 2.24) is 10.6 Å². The third-order valence-electron chi connectivity index (χ3n) is 5.25. The SMILES string of the molecule is CCOc1ccc(C(=O)NCC(=O)NC2CCN(c3cc(Cl)ccc3OC)C2)cc1OCC. The van der Waals surface area contributed by atoms with Crippen molar-refractivity contribution in [3.63, 3.8) is 0 Å². The summed E-state index contributed by atoms with van der Waals surface area (Å²) >= 11 is 6.14. The first-order valence-electron chi connectivity index (χ1n) is 11.0. The van der Waals surface area contributed by atoms with Gasteiger partial charge >= 0.3 is 0 Å². The number of benzene rings is 2. The molecule has 2 aromatic rings. The van der Waals surface area contributed by atoms with Crippen molar-refractivity contribution in [2.24, 2.45) is 0 Å². The molecule has 2 N–H and O–H groups in total. The predicted molar refractivity (Wildman–Crippen MR) is 128 cm³/mol. The van der Waals surface area contributed by atoms with Gasteiger partial charge in [-0.25, -0.2) is 0 Å². The molecule has 1 unspecified atom stereocenters. The number of carbonyl (C=O) groups is 2. The highest BCUT2D eigenvalue weighted by Gasteiger charge is 2.26. The standard InChI is InChI=1S/C24H30ClN3O5/c1-4-32-21-8-6-16(12-22(21)33-5-2)24(30)26-14-23(29)27-18-10-11-28(15-18)19-13-17(25)7-9-20(19)31-3/h6-9,12-13,18H,4-5,10-11,14-15H2,1-3H3,(H,26,30)(H,27,29). The first kappa shape index (κ1) is 24.5. The van der Waals surface area contributed by atoms with Gasteiger partial charge in [0.05, 0.1) is 32.6 Å². The van der Waals surface area contributed by atoms with Crippen LogP contribution in [0.2, 0.25) is 5.02 Å². The lowest BCUT2D eigenvalue weighted by atomic mass is 10.2. The van der Waals surface area contributed by atoms with Crippen LogP contribution in [0.4, 0.5) is 5.69 Å². The number of methoxy groups -OCH3 is 1. The Kier molecular flexibility index (Phi) is 8.65. The average Bonchev–Trinajstić information content (AvgIpc) is 3.27. The Morgan fingerprint density at radius 1 is 1.06 bits per heavy atom. The number of anilines is 1. The van der Waals surface area contributed by atoms with Crippen molar-refractivity contribution in [3.05, 3.63) is 47.0 Å². The molecule has 0 aliphatic carbocycles. The van der Waals surface area contributed by atoms with Crippen molar-refractivity contribution in [2.75, 3.05) is 44.9 Å². The van der Waals surface area contributed by atoms with Crippen LogP contribution in [0, 0.1) is 0 Å². The molecule has 2 amide bonds. The molecule has 178 valence electrons. The monoisotopic (exact) mass is 475 g/mol. The second-order valence-electron chi connectivity index (χ2n) is 7.53. The Balaban J connectivity index is 1.52. The topological polar surface area (TPSA) is 89.1 Å². The Bertz CT molecular complexity index is 985. The lowest BCUT2D eigenvalue weighted by Crippen LogP contribution is -2.43. The van der Waals surface area contributed by atoms with Gasteiger partial charge in [-0.1, -0.05) is 11.6 Å². The van der Waals surface area contributed by atoms with E-state index in [1.165, 1.54) is 0 Å². The number of nitrogens with zero attached hydrogens (tertiary/aromatic N) is 1. The minimum atomic E-state index is -0.356. The van der Waals surface area contributed by atoms with Gasteiger partial charge in [-0.15, -0.1) is 0 Å². The minimum Gasteiger partial charge on any atom is -0.495 e. The summed E-state index contributed by atoms with van der Waals surface area (Å²) in [5, 5.41) is 6.27. The van der Waals surface area contributed by atoms with Crippen LogP contribution >= 0.6 is 11.6 Å². The molecule has 0 saturated carbocycles. The molecule has 1 fully saturated rings. The molecule has 9 heteroatoms. The smallest absolute Gasteiger partial charge is 0.251 e. The van der Waals surface area contributed by atoms with Crippen LogP contribution in [-0.4, -0.2) is 57.8 Å². The van der Waals surface area contributed by atoms with E-state index in [9.17, 15) is 9.59 Å². The molecular weight excluding hydrogens is 446 g/mol. The number of halogens is 1. The number of hydrogen-bond donors (Lipinski definition) is 2. The number of hydrogen-bond acceptors (Lipinski definition) is 6. The van der Waals surface area contributed by atoms with Crippen LogP contribution in [0.5, 0.6) is 17.2 Å². The number of nitrogens with one attached hydrogen (secondary N) is 2. The molecular formula is C24H30ClN3O5. The summed E-state index contributed by atoms with van der Waals surface area (Å²) in [4.78, 5) is 27.1. The zero-order chi connectivity index (χ0) is 23.8. The summed E-state index contributed by atoms with van der Waals surface area (Å²) in [6.07, 6.45) is 0.784. The van der Waals surface area contributed by atoms with E-state index in [-0.39, 0.29) is 24.4 Å². The first-order chi connectivity index (χ1) is 15.9. The maximum Gasteiger partial charge on any atom is 0.251 e. The Morgan fingerprint density at radius 2 is 1.79 bits per heavy atom. The molecule has 1 atom stereocenters. The van der Waals surface area contributed by atoms with Crippen molar-refractivity contribution in [1.29, 1.82) is 0 Å². The van der Waals surface area contributed by atoms with Gasteiger partial charge in [0, 0.05) is 29.7 Å². The van der Waals surface area contributed by atoms with Crippen molar-refractivity contribution in [2.45, 2.75) is 26.3 Å². The number of ether oxygens (including phenoxy) is 3. The van der Waals surface area contributed by atoms with E-state index in [0.717, 1.165) is 24.4 Å². The van der Waals surface area contributed by atoms with Crippen LogP contribution in [0.25, 0.3) is 0 Å². The van der Waals surface area contributed by atoms with Crippen molar-refractivity contribution >= 4 is 29.1 Å². The van der Waals surface area contributed by atoms with E-state index in [0.29, 0.717) is 41.8 Å². The van der Waals surface area contributed by atoms with E-state index >= 15 is 0 Å². The van der Waals surface area contributed by atoms with Crippen LogP contribution < -0.4 is 29.7 Å². The Morgan fingerprint density at radius 3 is 2.52 bits per heavy atom. The number of amides is 2. The number of rotatable bonds is 10. The molecule has 1 aliphatic rings. The van der Waals surface area contributed by atoms with Gasteiger partial charge in [0.25, 0.3) is 5.91 Å². The van der Waals surface area contributed by atoms with Gasteiger partial charge < -0.3 is 29.7 Å². The fourth-order valence-corrected chi connectivity index (χ4v) is 3.91. The van der Waals surface area contributed by atoms with Gasteiger partial charge in [-0.3, -0.25) is 9.59 Å². The molecule has 0 aromatic heterocycles. The predicted octanol–water partition coefficient (Wildman–Crippen LogP) is 3.27. The lowest BCUT2D eigenvalue weighted by molar-refractivity contribution is -0.120. The van der Waals surface area contributed by atoms with Crippen LogP contribution in [0.3, 0.4) is 0 Å². The van der Waals surface area contributed by atoms with Gasteiger partial charge in [0.1, 0.15) is 5.75 Å². The largest absolute Gasteiger partial charge is 0.495 e. The molecule has 3 rings (SSSR count). The van der Waals surface area contributed by atoms with Crippen LogP contribution in [0.1, 0.15) is 30.6 Å². The van der Waals surface area contributed by atoms with Gasteiger partial charge in [0.15, 0.2) is 11.5 Å². The molecule has 2 aromatic carbocycles. The summed E-state index contributed by atoms with van der Waals surface area (Å²) in [5.41, 5.74) is 1.30.